The standard InChI is InChI=1S/C5H7N5O3/c1-3(8-9-5(7)11)4(2-6)10(12)13/h8H,1H3,(H3,7,9,11)/b4-3+. The summed E-state index contributed by atoms with van der Waals surface area (Å²) in [5.74, 6) is 0. The maximum absolute atomic E-state index is 10.2. The van der Waals surface area contributed by atoms with E-state index in [-0.39, 0.29) is 5.70 Å². The molecule has 0 spiro atoms. The first-order valence-electron chi connectivity index (χ1n) is 3.06. The van der Waals surface area contributed by atoms with Gasteiger partial charge in [-0.3, -0.25) is 21.0 Å². The Morgan fingerprint density at radius 1 is 1.62 bits per heavy atom. The summed E-state index contributed by atoms with van der Waals surface area (Å²) in [5.41, 5.74) is 7.89. The number of primary amides is 1. The highest BCUT2D eigenvalue weighted by atomic mass is 16.6. The van der Waals surface area contributed by atoms with Crippen LogP contribution in [0.15, 0.2) is 11.4 Å². The molecule has 4 N–H and O–H groups in total. The predicted octanol–water partition coefficient (Wildman–Crippen LogP) is -0.809. The predicted molar refractivity (Wildman–Crippen MR) is 41.2 cm³/mol. The van der Waals surface area contributed by atoms with E-state index in [1.165, 1.54) is 13.0 Å². The van der Waals surface area contributed by atoms with Crippen LogP contribution >= 0.6 is 0 Å². The van der Waals surface area contributed by atoms with Crippen molar-refractivity contribution in [2.75, 3.05) is 0 Å². The zero-order valence-corrected chi connectivity index (χ0v) is 6.70. The number of nitro groups is 1. The molecular weight excluding hydrogens is 178 g/mol. The molecule has 70 valence electrons. The third kappa shape index (κ3) is 3.57. The van der Waals surface area contributed by atoms with Crippen molar-refractivity contribution in [1.82, 2.24) is 10.9 Å². The lowest BCUT2D eigenvalue weighted by Gasteiger charge is -2.03. The zero-order chi connectivity index (χ0) is 10.4. The van der Waals surface area contributed by atoms with Crippen molar-refractivity contribution < 1.29 is 9.72 Å². The molecule has 0 radical (unpaired) electrons. The van der Waals surface area contributed by atoms with Gasteiger partial charge in [-0.05, 0) is 6.92 Å². The van der Waals surface area contributed by atoms with Gasteiger partial charge < -0.3 is 5.73 Å². The lowest BCUT2D eigenvalue weighted by molar-refractivity contribution is -0.419. The number of hydrogen-bond donors (Lipinski definition) is 3. The number of hydrogen-bond acceptors (Lipinski definition) is 5. The number of nitriles is 1. The van der Waals surface area contributed by atoms with E-state index in [0.717, 1.165) is 0 Å². The highest BCUT2D eigenvalue weighted by Crippen LogP contribution is 1.98. The number of nitrogens with one attached hydrogen (secondary N) is 2. The van der Waals surface area contributed by atoms with Crippen LogP contribution in [0.1, 0.15) is 6.92 Å². The molecule has 0 atom stereocenters. The Hall–Kier alpha value is -2.30. The molecule has 0 aliphatic heterocycles. The normalized spacial score (nSPS) is 10.8. The third-order valence-electron chi connectivity index (χ3n) is 1.02. The molecule has 8 nitrogen and oxygen atoms in total. The van der Waals surface area contributed by atoms with Gasteiger partial charge in [-0.2, -0.15) is 5.26 Å². The second-order valence-electron chi connectivity index (χ2n) is 1.96. The van der Waals surface area contributed by atoms with Gasteiger partial charge in [-0.15, -0.1) is 0 Å². The quantitative estimate of drug-likeness (QED) is 0.300. The average Bonchev–Trinajstić information content (AvgIpc) is 2.01. The molecule has 0 unspecified atom stereocenters. The molecule has 0 fully saturated rings. The van der Waals surface area contributed by atoms with Gasteiger partial charge in [0.2, 0.25) is 0 Å². The minimum absolute atomic E-state index is 0.0914. The Bertz CT molecular complexity index is 302. The van der Waals surface area contributed by atoms with Crippen LogP contribution in [0, 0.1) is 21.4 Å². The van der Waals surface area contributed by atoms with Gasteiger partial charge in [0.05, 0.1) is 4.92 Å². The Morgan fingerprint density at radius 3 is 2.46 bits per heavy atom. The summed E-state index contributed by atoms with van der Waals surface area (Å²) in [7, 11) is 0. The molecule has 0 aromatic rings. The first-order valence-corrected chi connectivity index (χ1v) is 3.06. The summed E-state index contributed by atoms with van der Waals surface area (Å²) in [6, 6.07) is 0.448. The lowest BCUT2D eigenvalue weighted by Crippen LogP contribution is -2.40. The lowest BCUT2D eigenvalue weighted by atomic mass is 10.4. The van der Waals surface area contributed by atoms with E-state index in [0.29, 0.717) is 0 Å². The Morgan fingerprint density at radius 2 is 2.15 bits per heavy atom. The number of hydrazine groups is 1. The molecular formula is C5H7N5O3. The second-order valence-corrected chi connectivity index (χ2v) is 1.96. The van der Waals surface area contributed by atoms with E-state index in [1.807, 2.05) is 5.43 Å². The Kier molecular flexibility index (Phi) is 3.75. The van der Waals surface area contributed by atoms with E-state index >= 15 is 0 Å². The van der Waals surface area contributed by atoms with E-state index in [4.69, 9.17) is 5.26 Å². The van der Waals surface area contributed by atoms with Crippen LogP contribution in [0.3, 0.4) is 0 Å². The fourth-order valence-corrected chi connectivity index (χ4v) is 0.476. The number of rotatable bonds is 3. The number of nitrogens with two attached hydrogens (primary N) is 1. The van der Waals surface area contributed by atoms with Crippen LogP contribution in [-0.4, -0.2) is 11.0 Å². The van der Waals surface area contributed by atoms with Crippen molar-refractivity contribution in [3.8, 4) is 6.07 Å². The maximum Gasteiger partial charge on any atom is 0.365 e. The number of carbonyl (C=O) groups excluding carboxylic acids is 1. The summed E-state index contributed by atoms with van der Waals surface area (Å²) < 4.78 is 0. The van der Waals surface area contributed by atoms with Gasteiger partial charge in [0.15, 0.2) is 6.07 Å². The molecule has 0 aliphatic rings. The summed E-state index contributed by atoms with van der Waals surface area (Å²) in [6.07, 6.45) is 0. The van der Waals surface area contributed by atoms with Crippen molar-refractivity contribution in [2.45, 2.75) is 6.92 Å². The van der Waals surface area contributed by atoms with E-state index in [1.54, 1.807) is 0 Å². The van der Waals surface area contributed by atoms with Crippen molar-refractivity contribution in [2.24, 2.45) is 5.73 Å². The molecule has 13 heavy (non-hydrogen) atoms. The van der Waals surface area contributed by atoms with E-state index in [9.17, 15) is 14.9 Å². The van der Waals surface area contributed by atoms with E-state index in [2.05, 4.69) is 11.2 Å². The van der Waals surface area contributed by atoms with Crippen molar-refractivity contribution >= 4 is 6.03 Å². The van der Waals surface area contributed by atoms with Crippen molar-refractivity contribution in [1.29, 1.82) is 5.26 Å². The molecule has 0 aromatic heterocycles. The van der Waals surface area contributed by atoms with Gasteiger partial charge in [0.25, 0.3) is 0 Å². The monoisotopic (exact) mass is 185 g/mol. The summed E-state index contributed by atoms with van der Waals surface area (Å²) >= 11 is 0. The third-order valence-corrected chi connectivity index (χ3v) is 1.02. The molecule has 0 aliphatic carbocycles. The summed E-state index contributed by atoms with van der Waals surface area (Å²) in [4.78, 5) is 19.4. The van der Waals surface area contributed by atoms with Crippen LogP contribution in [-0.2, 0) is 0 Å². The fraction of sp³-hybridized carbons (Fsp3) is 0.200. The highest BCUT2D eigenvalue weighted by Gasteiger charge is 2.14. The fourth-order valence-electron chi connectivity index (χ4n) is 0.476. The zero-order valence-electron chi connectivity index (χ0n) is 6.70. The van der Waals surface area contributed by atoms with E-state index < -0.39 is 16.7 Å². The van der Waals surface area contributed by atoms with Crippen molar-refractivity contribution in [3.05, 3.63) is 21.5 Å². The number of carbonyl (C=O) groups is 1. The molecule has 0 heterocycles. The van der Waals surface area contributed by atoms with Gasteiger partial charge >= 0.3 is 11.7 Å². The molecule has 0 bridgehead atoms. The van der Waals surface area contributed by atoms with Crippen LogP contribution in [0.4, 0.5) is 4.79 Å². The molecule has 2 amide bonds. The Balaban J connectivity index is 4.51. The van der Waals surface area contributed by atoms with Crippen LogP contribution in [0.5, 0.6) is 0 Å². The SMILES string of the molecule is C/C(NNC(N)=O)=C(/C#N)[N+](=O)[O-]. The number of allylic oxidation sites excluding steroid dienone is 2. The number of amides is 2. The second kappa shape index (κ2) is 4.55. The minimum Gasteiger partial charge on any atom is -0.350 e. The number of urea groups is 1. The van der Waals surface area contributed by atoms with Crippen molar-refractivity contribution in [3.63, 3.8) is 0 Å². The molecule has 0 aromatic carbocycles. The Labute approximate surface area is 73.1 Å². The van der Waals surface area contributed by atoms with Gasteiger partial charge in [0.1, 0.15) is 5.70 Å². The average molecular weight is 185 g/mol. The van der Waals surface area contributed by atoms with Crippen LogP contribution < -0.4 is 16.6 Å². The van der Waals surface area contributed by atoms with Gasteiger partial charge in [0, 0.05) is 0 Å². The minimum atomic E-state index is -0.903. The highest BCUT2D eigenvalue weighted by molar-refractivity contribution is 5.71. The molecule has 0 saturated heterocycles. The summed E-state index contributed by atoms with van der Waals surface area (Å²) in [5, 5.41) is 18.5. The first kappa shape index (κ1) is 10.7. The summed E-state index contributed by atoms with van der Waals surface area (Å²) in [6.45, 7) is 1.26. The van der Waals surface area contributed by atoms with Gasteiger partial charge in [-0.25, -0.2) is 4.79 Å². The molecule has 0 rings (SSSR count). The molecule has 0 saturated carbocycles. The topological polar surface area (TPSA) is 134 Å². The van der Waals surface area contributed by atoms with Crippen LogP contribution in [0.2, 0.25) is 0 Å². The largest absolute Gasteiger partial charge is 0.365 e. The van der Waals surface area contributed by atoms with Gasteiger partial charge in [-0.1, -0.05) is 0 Å². The molecule has 8 heteroatoms. The maximum atomic E-state index is 10.2. The first-order chi connectivity index (χ1) is 5.99. The smallest absolute Gasteiger partial charge is 0.350 e. The van der Waals surface area contributed by atoms with Crippen LogP contribution in [0.25, 0.3) is 0 Å². The number of nitrogens with zero attached hydrogens (tertiary/aromatic N) is 2.